The summed E-state index contributed by atoms with van der Waals surface area (Å²) in [6.45, 7) is 10.5. The third kappa shape index (κ3) is 2.77. The van der Waals surface area contributed by atoms with Crippen molar-refractivity contribution >= 4 is 0 Å². The van der Waals surface area contributed by atoms with E-state index < -0.39 is 0 Å². The van der Waals surface area contributed by atoms with Crippen LogP contribution in [0.1, 0.15) is 58.8 Å². The van der Waals surface area contributed by atoms with Crippen molar-refractivity contribution in [2.75, 3.05) is 20.2 Å². The van der Waals surface area contributed by atoms with Gasteiger partial charge in [-0.25, -0.2) is 0 Å². The maximum absolute atomic E-state index is 10.1. The Kier molecular flexibility index (Phi) is 5.17. The molecular weight excluding hydrogens is 298 g/mol. The summed E-state index contributed by atoms with van der Waals surface area (Å²) in [4.78, 5) is 0. The van der Waals surface area contributed by atoms with Crippen LogP contribution in [-0.2, 0) is 0 Å². The number of hydrogen-bond acceptors (Lipinski definition) is 3. The zero-order valence-corrected chi connectivity index (χ0v) is 15.9. The third-order valence-electron chi connectivity index (χ3n) is 8.40. The largest absolute Gasteiger partial charge is 0.396 e. The standard InChI is InChI=1S/C21H37NO2/c1-14-5-6-18-17(12-22-4)19(8-10-20(14,18)2)21(3)9-7-16(24)11-15(21)13-23/h15-19,22-24H,1,5-13H2,2-4H3/t15-,16+,17+,18?,19?,20-,21+/m1/s1. The minimum atomic E-state index is -0.224. The molecule has 0 heterocycles. The minimum absolute atomic E-state index is 0.154. The van der Waals surface area contributed by atoms with E-state index in [2.05, 4.69) is 32.8 Å². The molecule has 3 saturated carbocycles. The molecule has 0 aromatic heterocycles. The van der Waals surface area contributed by atoms with Crippen LogP contribution in [0.3, 0.4) is 0 Å². The molecule has 0 aliphatic heterocycles. The SMILES string of the molecule is C=C1CCC2[C@H](CNC)C([C@@]3(C)CC[C@H](O)C[C@@H]3CO)CC[C@]12C. The highest BCUT2D eigenvalue weighted by Crippen LogP contribution is 2.63. The second-order valence-electron chi connectivity index (χ2n) is 9.35. The van der Waals surface area contributed by atoms with Gasteiger partial charge < -0.3 is 15.5 Å². The Hall–Kier alpha value is -0.380. The van der Waals surface area contributed by atoms with Crippen molar-refractivity contribution in [1.29, 1.82) is 0 Å². The van der Waals surface area contributed by atoms with Gasteiger partial charge in [-0.1, -0.05) is 26.0 Å². The number of allylic oxidation sites excluding steroid dienone is 1. The Balaban J connectivity index is 1.90. The average molecular weight is 336 g/mol. The Labute approximate surface area is 147 Å². The molecule has 0 aromatic carbocycles. The lowest BCUT2D eigenvalue weighted by Gasteiger charge is -2.56. The van der Waals surface area contributed by atoms with Crippen LogP contribution in [0.25, 0.3) is 0 Å². The molecule has 3 aliphatic carbocycles. The normalized spacial score (nSPS) is 49.2. The second-order valence-corrected chi connectivity index (χ2v) is 9.35. The van der Waals surface area contributed by atoms with Crippen LogP contribution in [-0.4, -0.2) is 36.5 Å². The number of aliphatic hydroxyl groups is 2. The van der Waals surface area contributed by atoms with Crippen LogP contribution < -0.4 is 5.32 Å². The predicted molar refractivity (Wildman–Crippen MR) is 98.7 cm³/mol. The smallest absolute Gasteiger partial charge is 0.0544 e. The highest BCUT2D eigenvalue weighted by Gasteiger charge is 2.56. The molecule has 0 aromatic rings. The van der Waals surface area contributed by atoms with Crippen LogP contribution >= 0.6 is 0 Å². The number of nitrogens with one attached hydrogen (secondary N) is 1. The van der Waals surface area contributed by atoms with Crippen LogP contribution in [0.2, 0.25) is 0 Å². The van der Waals surface area contributed by atoms with E-state index in [1.54, 1.807) is 0 Å². The lowest BCUT2D eigenvalue weighted by atomic mass is 9.49. The van der Waals surface area contributed by atoms with Gasteiger partial charge in [-0.05, 0) is 93.0 Å². The van der Waals surface area contributed by atoms with E-state index >= 15 is 0 Å². The van der Waals surface area contributed by atoms with E-state index in [1.165, 1.54) is 31.3 Å². The van der Waals surface area contributed by atoms with Crippen molar-refractivity contribution in [2.24, 2.45) is 34.5 Å². The van der Waals surface area contributed by atoms with Crippen molar-refractivity contribution < 1.29 is 10.2 Å². The molecule has 3 N–H and O–H groups in total. The molecule has 3 aliphatic rings. The molecule has 0 spiro atoms. The fourth-order valence-electron chi connectivity index (χ4n) is 6.70. The Bertz CT molecular complexity index is 478. The predicted octanol–water partition coefficient (Wildman–Crippen LogP) is 3.36. The minimum Gasteiger partial charge on any atom is -0.396 e. The van der Waals surface area contributed by atoms with Crippen molar-refractivity contribution in [3.05, 3.63) is 12.2 Å². The molecule has 138 valence electrons. The quantitative estimate of drug-likeness (QED) is 0.691. The molecule has 3 heteroatoms. The second kappa shape index (κ2) is 6.74. The van der Waals surface area contributed by atoms with E-state index in [9.17, 15) is 10.2 Å². The topological polar surface area (TPSA) is 52.5 Å². The maximum Gasteiger partial charge on any atom is 0.0544 e. The van der Waals surface area contributed by atoms with E-state index in [4.69, 9.17) is 0 Å². The molecule has 3 rings (SSSR count). The molecule has 0 bridgehead atoms. The van der Waals surface area contributed by atoms with E-state index in [1.807, 2.05) is 0 Å². The van der Waals surface area contributed by atoms with Crippen molar-refractivity contribution in [3.8, 4) is 0 Å². The summed E-state index contributed by atoms with van der Waals surface area (Å²) >= 11 is 0. The molecular formula is C21H37NO2. The van der Waals surface area contributed by atoms with Gasteiger partial charge in [-0.2, -0.15) is 0 Å². The fraction of sp³-hybridized carbons (Fsp3) is 0.905. The molecule has 3 nitrogen and oxygen atoms in total. The Morgan fingerprint density at radius 2 is 1.92 bits per heavy atom. The monoisotopic (exact) mass is 335 g/mol. The summed E-state index contributed by atoms with van der Waals surface area (Å²) in [5.41, 5.74) is 1.94. The Morgan fingerprint density at radius 1 is 1.17 bits per heavy atom. The molecule has 3 fully saturated rings. The summed E-state index contributed by atoms with van der Waals surface area (Å²) < 4.78 is 0. The first kappa shape index (κ1) is 18.4. The lowest BCUT2D eigenvalue weighted by Crippen LogP contribution is -2.53. The van der Waals surface area contributed by atoms with Gasteiger partial charge in [0.1, 0.15) is 0 Å². The van der Waals surface area contributed by atoms with Crippen LogP contribution in [0.4, 0.5) is 0 Å². The van der Waals surface area contributed by atoms with E-state index in [0.717, 1.165) is 31.7 Å². The van der Waals surface area contributed by atoms with Crippen molar-refractivity contribution in [3.63, 3.8) is 0 Å². The highest BCUT2D eigenvalue weighted by molar-refractivity contribution is 5.21. The average Bonchev–Trinajstić information content (AvgIpc) is 2.86. The maximum atomic E-state index is 10.1. The molecule has 24 heavy (non-hydrogen) atoms. The van der Waals surface area contributed by atoms with Crippen LogP contribution in [0.5, 0.6) is 0 Å². The van der Waals surface area contributed by atoms with E-state index in [0.29, 0.717) is 17.3 Å². The van der Waals surface area contributed by atoms with Gasteiger partial charge in [0.05, 0.1) is 6.10 Å². The zero-order chi connectivity index (χ0) is 17.5. The summed E-state index contributed by atoms with van der Waals surface area (Å²) in [5.74, 6) is 2.25. The number of hydrogen-bond donors (Lipinski definition) is 3. The summed E-state index contributed by atoms with van der Waals surface area (Å²) in [6, 6.07) is 0. The Morgan fingerprint density at radius 3 is 2.58 bits per heavy atom. The first-order valence-electron chi connectivity index (χ1n) is 9.98. The lowest BCUT2D eigenvalue weighted by molar-refractivity contribution is -0.0929. The van der Waals surface area contributed by atoms with Gasteiger partial charge >= 0.3 is 0 Å². The summed E-state index contributed by atoms with van der Waals surface area (Å²) in [6.07, 6.45) is 7.44. The number of fused-ring (bicyclic) bond motifs is 1. The molecule has 7 atom stereocenters. The molecule has 0 radical (unpaired) electrons. The van der Waals surface area contributed by atoms with Gasteiger partial charge in [0.15, 0.2) is 0 Å². The van der Waals surface area contributed by atoms with Gasteiger partial charge in [0.25, 0.3) is 0 Å². The van der Waals surface area contributed by atoms with Gasteiger partial charge in [0.2, 0.25) is 0 Å². The van der Waals surface area contributed by atoms with Gasteiger partial charge in [0, 0.05) is 6.61 Å². The number of aliphatic hydroxyl groups excluding tert-OH is 2. The van der Waals surface area contributed by atoms with Crippen LogP contribution in [0, 0.1) is 34.5 Å². The van der Waals surface area contributed by atoms with Gasteiger partial charge in [-0.3, -0.25) is 0 Å². The van der Waals surface area contributed by atoms with Crippen LogP contribution in [0.15, 0.2) is 12.2 Å². The highest BCUT2D eigenvalue weighted by atomic mass is 16.3. The number of rotatable bonds is 4. The van der Waals surface area contributed by atoms with Crippen molar-refractivity contribution in [1.82, 2.24) is 5.32 Å². The summed E-state index contributed by atoms with van der Waals surface area (Å²) in [5, 5.41) is 23.6. The first-order chi connectivity index (χ1) is 11.4. The first-order valence-corrected chi connectivity index (χ1v) is 9.98. The fourth-order valence-corrected chi connectivity index (χ4v) is 6.70. The molecule has 0 saturated heterocycles. The van der Waals surface area contributed by atoms with E-state index in [-0.39, 0.29) is 24.0 Å². The third-order valence-corrected chi connectivity index (χ3v) is 8.40. The molecule has 2 unspecified atom stereocenters. The molecule has 0 amide bonds. The van der Waals surface area contributed by atoms with Gasteiger partial charge in [-0.15, -0.1) is 0 Å². The summed E-state index contributed by atoms with van der Waals surface area (Å²) in [7, 11) is 2.07. The zero-order valence-electron chi connectivity index (χ0n) is 15.9. The van der Waals surface area contributed by atoms with Crippen molar-refractivity contribution in [2.45, 2.75) is 64.9 Å².